The van der Waals surface area contributed by atoms with Crippen molar-refractivity contribution in [1.29, 1.82) is 0 Å². The second-order valence-electron chi connectivity index (χ2n) is 7.35. The molecule has 1 heterocycles. The van der Waals surface area contributed by atoms with E-state index in [1.807, 2.05) is 30.3 Å². The summed E-state index contributed by atoms with van der Waals surface area (Å²) in [5.41, 5.74) is 2.32. The van der Waals surface area contributed by atoms with Crippen LogP contribution in [0.15, 0.2) is 59.4 Å². The van der Waals surface area contributed by atoms with Gasteiger partial charge >= 0.3 is 0 Å². The van der Waals surface area contributed by atoms with E-state index in [4.69, 9.17) is 0 Å². The number of pyridine rings is 1. The highest BCUT2D eigenvalue weighted by atomic mass is 16.1. The standard InChI is InChI=1S/C25H35NO/c1-3-4-5-6-7-8-9-10-11-12-13-14-15-18-22-21-25(27)23-19-16-17-20-24(23)26(22)2/h7-8,10-11,16-17,19-21H,3-6,9,12-15,18H2,1-2H3. The maximum absolute atomic E-state index is 12.3. The molecular weight excluding hydrogens is 330 g/mol. The zero-order chi connectivity index (χ0) is 19.3. The molecule has 146 valence electrons. The molecule has 0 spiro atoms. The van der Waals surface area contributed by atoms with Gasteiger partial charge in [0.15, 0.2) is 5.43 Å². The van der Waals surface area contributed by atoms with Crippen molar-refractivity contribution < 1.29 is 0 Å². The van der Waals surface area contributed by atoms with E-state index in [1.165, 1.54) is 38.5 Å². The monoisotopic (exact) mass is 365 g/mol. The van der Waals surface area contributed by atoms with E-state index in [2.05, 4.69) is 42.8 Å². The molecular formula is C25H35NO. The van der Waals surface area contributed by atoms with Crippen molar-refractivity contribution in [2.45, 2.75) is 71.1 Å². The number of allylic oxidation sites excluding steroid dienone is 4. The average molecular weight is 366 g/mol. The van der Waals surface area contributed by atoms with Gasteiger partial charge in [-0.25, -0.2) is 0 Å². The number of aryl methyl sites for hydroxylation is 2. The van der Waals surface area contributed by atoms with Crippen LogP contribution in [0.2, 0.25) is 0 Å². The average Bonchev–Trinajstić information content (AvgIpc) is 2.69. The van der Waals surface area contributed by atoms with Gasteiger partial charge in [-0.05, 0) is 57.1 Å². The molecule has 2 aromatic rings. The molecule has 0 atom stereocenters. The Labute approximate surface area is 164 Å². The number of unbranched alkanes of at least 4 members (excludes halogenated alkanes) is 6. The van der Waals surface area contributed by atoms with Crippen LogP contribution in [0.4, 0.5) is 0 Å². The molecule has 0 amide bonds. The van der Waals surface area contributed by atoms with Gasteiger partial charge in [0.25, 0.3) is 0 Å². The Bertz CT molecular complexity index is 798. The molecule has 27 heavy (non-hydrogen) atoms. The van der Waals surface area contributed by atoms with E-state index >= 15 is 0 Å². The minimum absolute atomic E-state index is 0.143. The Kier molecular flexibility index (Phi) is 9.68. The van der Waals surface area contributed by atoms with Crippen LogP contribution in [-0.2, 0) is 13.5 Å². The lowest BCUT2D eigenvalue weighted by atomic mass is 10.1. The molecule has 0 saturated carbocycles. The van der Waals surface area contributed by atoms with E-state index in [9.17, 15) is 4.79 Å². The lowest BCUT2D eigenvalue weighted by Gasteiger charge is -2.12. The molecule has 1 aromatic heterocycles. The van der Waals surface area contributed by atoms with Crippen molar-refractivity contribution in [3.63, 3.8) is 0 Å². The third-order valence-corrected chi connectivity index (χ3v) is 5.14. The number of hydrogen-bond donors (Lipinski definition) is 0. The molecule has 1 aromatic carbocycles. The van der Waals surface area contributed by atoms with E-state index in [0.29, 0.717) is 0 Å². The molecule has 0 aliphatic rings. The SMILES string of the molecule is CCCCCC=CCC=CCCCCCc1cc(=O)c2ccccc2n1C. The summed E-state index contributed by atoms with van der Waals surface area (Å²) in [4.78, 5) is 12.3. The summed E-state index contributed by atoms with van der Waals surface area (Å²) < 4.78 is 2.17. The molecule has 0 aliphatic heterocycles. The Morgan fingerprint density at radius 2 is 1.59 bits per heavy atom. The lowest BCUT2D eigenvalue weighted by molar-refractivity contribution is 0.663. The van der Waals surface area contributed by atoms with Crippen molar-refractivity contribution in [3.8, 4) is 0 Å². The van der Waals surface area contributed by atoms with Gasteiger partial charge < -0.3 is 4.57 Å². The van der Waals surface area contributed by atoms with Crippen LogP contribution in [0.3, 0.4) is 0 Å². The van der Waals surface area contributed by atoms with Crippen LogP contribution >= 0.6 is 0 Å². The largest absolute Gasteiger partial charge is 0.347 e. The third-order valence-electron chi connectivity index (χ3n) is 5.14. The summed E-state index contributed by atoms with van der Waals surface area (Å²) in [7, 11) is 2.07. The lowest BCUT2D eigenvalue weighted by Crippen LogP contribution is -2.11. The fourth-order valence-corrected chi connectivity index (χ4v) is 3.46. The normalized spacial score (nSPS) is 11.9. The van der Waals surface area contributed by atoms with Gasteiger partial charge in [0.1, 0.15) is 0 Å². The van der Waals surface area contributed by atoms with Gasteiger partial charge in [-0.3, -0.25) is 4.79 Å². The van der Waals surface area contributed by atoms with E-state index in [0.717, 1.165) is 42.3 Å². The molecule has 2 nitrogen and oxygen atoms in total. The molecule has 0 aliphatic carbocycles. The number of fused-ring (bicyclic) bond motifs is 1. The first-order valence-electron chi connectivity index (χ1n) is 10.6. The van der Waals surface area contributed by atoms with Crippen molar-refractivity contribution in [3.05, 3.63) is 70.6 Å². The van der Waals surface area contributed by atoms with E-state index in [-0.39, 0.29) is 5.43 Å². The summed E-state index contributed by atoms with van der Waals surface area (Å²) in [6, 6.07) is 9.68. The van der Waals surface area contributed by atoms with Crippen LogP contribution in [0.1, 0.15) is 70.4 Å². The second kappa shape index (κ2) is 12.3. The van der Waals surface area contributed by atoms with E-state index < -0.39 is 0 Å². The molecule has 2 heteroatoms. The van der Waals surface area contributed by atoms with Crippen molar-refractivity contribution in [2.24, 2.45) is 7.05 Å². The Morgan fingerprint density at radius 3 is 2.33 bits per heavy atom. The molecule has 0 unspecified atom stereocenters. The van der Waals surface area contributed by atoms with Crippen LogP contribution in [-0.4, -0.2) is 4.57 Å². The molecule has 0 fully saturated rings. The number of benzene rings is 1. The van der Waals surface area contributed by atoms with Crippen molar-refractivity contribution >= 4 is 10.9 Å². The van der Waals surface area contributed by atoms with Crippen LogP contribution in [0, 0.1) is 0 Å². The van der Waals surface area contributed by atoms with Crippen LogP contribution < -0.4 is 5.43 Å². The quantitative estimate of drug-likeness (QED) is 0.302. The highest BCUT2D eigenvalue weighted by Crippen LogP contribution is 2.14. The smallest absolute Gasteiger partial charge is 0.189 e. The van der Waals surface area contributed by atoms with Crippen LogP contribution in [0.25, 0.3) is 10.9 Å². The molecule has 0 saturated heterocycles. The Morgan fingerprint density at radius 1 is 0.889 bits per heavy atom. The maximum atomic E-state index is 12.3. The predicted molar refractivity (Wildman–Crippen MR) is 118 cm³/mol. The minimum atomic E-state index is 0.143. The van der Waals surface area contributed by atoms with Gasteiger partial charge in [-0.15, -0.1) is 0 Å². The predicted octanol–water partition coefficient (Wildman–Crippen LogP) is 6.72. The van der Waals surface area contributed by atoms with Crippen LogP contribution in [0.5, 0.6) is 0 Å². The summed E-state index contributed by atoms with van der Waals surface area (Å²) in [6.07, 6.45) is 21.1. The summed E-state index contributed by atoms with van der Waals surface area (Å²) in [6.45, 7) is 2.25. The Hall–Kier alpha value is -2.09. The molecule has 0 bridgehead atoms. The van der Waals surface area contributed by atoms with Gasteiger partial charge in [0, 0.05) is 24.2 Å². The van der Waals surface area contributed by atoms with E-state index in [1.54, 1.807) is 0 Å². The maximum Gasteiger partial charge on any atom is 0.189 e. The first kappa shape index (κ1) is 21.2. The van der Waals surface area contributed by atoms with Gasteiger partial charge in [-0.2, -0.15) is 0 Å². The zero-order valence-corrected chi connectivity index (χ0v) is 17.1. The second-order valence-corrected chi connectivity index (χ2v) is 7.35. The highest BCUT2D eigenvalue weighted by Gasteiger charge is 2.05. The van der Waals surface area contributed by atoms with Crippen molar-refractivity contribution in [2.75, 3.05) is 0 Å². The van der Waals surface area contributed by atoms with Gasteiger partial charge in [0.2, 0.25) is 0 Å². The summed E-state index contributed by atoms with van der Waals surface area (Å²) in [5.74, 6) is 0. The van der Waals surface area contributed by atoms with Gasteiger partial charge in [0.05, 0.1) is 5.52 Å². The summed E-state index contributed by atoms with van der Waals surface area (Å²) in [5, 5.41) is 0.813. The number of rotatable bonds is 12. The fraction of sp³-hybridized carbons (Fsp3) is 0.480. The number of aromatic nitrogens is 1. The topological polar surface area (TPSA) is 22.0 Å². The van der Waals surface area contributed by atoms with Crippen molar-refractivity contribution in [1.82, 2.24) is 4.57 Å². The molecule has 0 N–H and O–H groups in total. The zero-order valence-electron chi connectivity index (χ0n) is 17.1. The number of hydrogen-bond acceptors (Lipinski definition) is 1. The number of nitrogens with zero attached hydrogens (tertiary/aromatic N) is 1. The first-order valence-corrected chi connectivity index (χ1v) is 10.6. The Balaban J connectivity index is 1.65. The highest BCUT2D eigenvalue weighted by molar-refractivity contribution is 5.79. The summed E-state index contributed by atoms with van der Waals surface area (Å²) >= 11 is 0. The number of para-hydroxylation sites is 1. The third kappa shape index (κ3) is 7.21. The van der Waals surface area contributed by atoms with Gasteiger partial charge in [-0.1, -0.05) is 62.6 Å². The first-order chi connectivity index (χ1) is 13.2. The minimum Gasteiger partial charge on any atom is -0.347 e. The fourth-order valence-electron chi connectivity index (χ4n) is 3.46. The molecule has 2 rings (SSSR count). The molecule has 0 radical (unpaired) electrons.